The molecule has 134 valence electrons. The summed E-state index contributed by atoms with van der Waals surface area (Å²) >= 11 is 0. The van der Waals surface area contributed by atoms with Crippen LogP contribution in [0.25, 0.3) is 0 Å². The maximum absolute atomic E-state index is 12.3. The quantitative estimate of drug-likeness (QED) is 0.730. The number of nitrogens with zero attached hydrogens (tertiary/aromatic N) is 2. The summed E-state index contributed by atoms with van der Waals surface area (Å²) in [5.41, 5.74) is 0. The lowest BCUT2D eigenvalue weighted by atomic mass is 9.99. The summed E-state index contributed by atoms with van der Waals surface area (Å²) in [6, 6.07) is 9.39. The number of rotatable bonds is 7. The highest BCUT2D eigenvalue weighted by Gasteiger charge is 2.33. The first-order valence-corrected chi connectivity index (χ1v) is 9.44. The molecule has 1 heterocycles. The molecular weight excluding hydrogens is 330 g/mol. The Bertz CT molecular complexity index is 634. The van der Waals surface area contributed by atoms with Crippen LogP contribution in [0.4, 0.5) is 0 Å². The van der Waals surface area contributed by atoms with Gasteiger partial charge in [0.1, 0.15) is 12.4 Å². The Hall–Kier alpha value is -1.64. The monoisotopic (exact) mass is 355 g/mol. The van der Waals surface area contributed by atoms with E-state index < -0.39 is 10.2 Å². The van der Waals surface area contributed by atoms with Gasteiger partial charge in [-0.2, -0.15) is 17.0 Å². The van der Waals surface area contributed by atoms with E-state index in [4.69, 9.17) is 4.74 Å². The Morgan fingerprint density at radius 1 is 1.33 bits per heavy atom. The predicted octanol–water partition coefficient (Wildman–Crippen LogP) is 0.700. The maximum atomic E-state index is 12.3. The van der Waals surface area contributed by atoms with Crippen LogP contribution in [-0.2, 0) is 15.0 Å². The Balaban J connectivity index is 1.78. The van der Waals surface area contributed by atoms with E-state index in [0.29, 0.717) is 32.5 Å². The molecule has 0 aromatic heterocycles. The van der Waals surface area contributed by atoms with Gasteiger partial charge in [-0.15, -0.1) is 0 Å². The second kappa shape index (κ2) is 8.46. The molecule has 0 saturated carbocycles. The number of carbonyl (C=O) groups excluding carboxylic acids is 1. The molecule has 1 atom stereocenters. The molecule has 1 aliphatic heterocycles. The van der Waals surface area contributed by atoms with Crippen molar-refractivity contribution in [2.45, 2.75) is 12.8 Å². The van der Waals surface area contributed by atoms with Crippen molar-refractivity contribution in [3.63, 3.8) is 0 Å². The molecule has 1 N–H and O–H groups in total. The number of hydrogen-bond donors (Lipinski definition) is 1. The third-order valence-electron chi connectivity index (χ3n) is 3.96. The van der Waals surface area contributed by atoms with Crippen molar-refractivity contribution in [1.29, 1.82) is 0 Å². The van der Waals surface area contributed by atoms with Crippen molar-refractivity contribution in [2.24, 2.45) is 5.92 Å². The van der Waals surface area contributed by atoms with Gasteiger partial charge in [-0.1, -0.05) is 18.2 Å². The van der Waals surface area contributed by atoms with Gasteiger partial charge < -0.3 is 10.1 Å². The van der Waals surface area contributed by atoms with Gasteiger partial charge in [-0.3, -0.25) is 4.79 Å². The minimum atomic E-state index is -3.47. The van der Waals surface area contributed by atoms with Gasteiger partial charge in [-0.05, 0) is 25.0 Å². The Labute approximate surface area is 143 Å². The lowest BCUT2D eigenvalue weighted by Gasteiger charge is -2.32. The van der Waals surface area contributed by atoms with Crippen LogP contribution in [0.5, 0.6) is 5.75 Å². The normalized spacial score (nSPS) is 19.2. The van der Waals surface area contributed by atoms with E-state index >= 15 is 0 Å². The number of benzene rings is 1. The summed E-state index contributed by atoms with van der Waals surface area (Å²) in [5.74, 6) is 0.322. The van der Waals surface area contributed by atoms with Gasteiger partial charge in [0, 0.05) is 27.2 Å². The maximum Gasteiger partial charge on any atom is 0.281 e. The van der Waals surface area contributed by atoms with Gasteiger partial charge in [0.05, 0.1) is 12.5 Å². The molecule has 1 saturated heterocycles. The van der Waals surface area contributed by atoms with E-state index in [-0.39, 0.29) is 18.4 Å². The van der Waals surface area contributed by atoms with E-state index in [1.54, 1.807) is 0 Å². The molecule has 8 heteroatoms. The minimum Gasteiger partial charge on any atom is -0.492 e. The van der Waals surface area contributed by atoms with Crippen molar-refractivity contribution in [1.82, 2.24) is 13.9 Å². The third kappa shape index (κ3) is 4.93. The molecule has 1 aromatic carbocycles. The standard InChI is InChI=1S/C16H25N3O4S/c1-18(2)24(21,22)19-11-6-7-14(13-19)16(20)17-10-12-23-15-8-4-3-5-9-15/h3-5,8-9,14H,6-7,10-13H2,1-2H3,(H,17,20)/t14-/m1/s1. The van der Waals surface area contributed by atoms with Crippen LogP contribution in [0.2, 0.25) is 0 Å². The van der Waals surface area contributed by atoms with Crippen molar-refractivity contribution < 1.29 is 17.9 Å². The predicted molar refractivity (Wildman–Crippen MR) is 91.9 cm³/mol. The fourth-order valence-electron chi connectivity index (χ4n) is 2.60. The first kappa shape index (κ1) is 18.7. The smallest absolute Gasteiger partial charge is 0.281 e. The number of hydrogen-bond acceptors (Lipinski definition) is 4. The molecule has 1 aliphatic rings. The summed E-state index contributed by atoms with van der Waals surface area (Å²) in [6.45, 7) is 1.46. The molecule has 0 aliphatic carbocycles. The summed E-state index contributed by atoms with van der Waals surface area (Å²) in [6.07, 6.45) is 1.39. The average molecular weight is 355 g/mol. The molecule has 1 amide bonds. The van der Waals surface area contributed by atoms with Crippen molar-refractivity contribution in [3.05, 3.63) is 30.3 Å². The van der Waals surface area contributed by atoms with Gasteiger partial charge in [0.15, 0.2) is 0 Å². The molecule has 24 heavy (non-hydrogen) atoms. The highest BCUT2D eigenvalue weighted by molar-refractivity contribution is 7.86. The molecule has 0 spiro atoms. The van der Waals surface area contributed by atoms with E-state index in [1.165, 1.54) is 22.7 Å². The molecule has 0 radical (unpaired) electrons. The summed E-state index contributed by atoms with van der Waals surface area (Å²) in [5, 5.41) is 2.82. The molecule has 0 unspecified atom stereocenters. The van der Waals surface area contributed by atoms with Crippen molar-refractivity contribution >= 4 is 16.1 Å². The highest BCUT2D eigenvalue weighted by Crippen LogP contribution is 2.20. The van der Waals surface area contributed by atoms with Crippen molar-refractivity contribution in [2.75, 3.05) is 40.3 Å². The Morgan fingerprint density at radius 3 is 2.71 bits per heavy atom. The molecule has 0 bridgehead atoms. The fourth-order valence-corrected chi connectivity index (χ4v) is 3.79. The van der Waals surface area contributed by atoms with Crippen molar-refractivity contribution in [3.8, 4) is 5.75 Å². The van der Waals surface area contributed by atoms with Gasteiger partial charge in [-0.25, -0.2) is 0 Å². The van der Waals surface area contributed by atoms with E-state index in [2.05, 4.69) is 5.32 Å². The number of ether oxygens (including phenoxy) is 1. The number of amides is 1. The number of piperidine rings is 1. The first-order chi connectivity index (χ1) is 11.4. The molecule has 1 aromatic rings. The topological polar surface area (TPSA) is 79.0 Å². The summed E-state index contributed by atoms with van der Waals surface area (Å²) < 4.78 is 32.4. The highest BCUT2D eigenvalue weighted by atomic mass is 32.2. The van der Waals surface area contributed by atoms with E-state index in [1.807, 2.05) is 30.3 Å². The van der Waals surface area contributed by atoms with Crippen LogP contribution in [-0.4, -0.2) is 63.3 Å². The second-order valence-electron chi connectivity index (χ2n) is 5.94. The van der Waals surface area contributed by atoms with Crippen LogP contribution in [0.1, 0.15) is 12.8 Å². The van der Waals surface area contributed by atoms with Crippen LogP contribution in [0.15, 0.2) is 30.3 Å². The molecule has 1 fully saturated rings. The van der Waals surface area contributed by atoms with Gasteiger partial charge >= 0.3 is 0 Å². The van der Waals surface area contributed by atoms with Crippen LogP contribution in [0, 0.1) is 5.92 Å². The number of nitrogens with one attached hydrogen (secondary N) is 1. The van der Waals surface area contributed by atoms with Gasteiger partial charge in [0.25, 0.3) is 10.2 Å². The van der Waals surface area contributed by atoms with Crippen LogP contribution >= 0.6 is 0 Å². The minimum absolute atomic E-state index is 0.120. The number of para-hydroxylation sites is 1. The Kier molecular flexibility index (Phi) is 6.59. The van der Waals surface area contributed by atoms with Crippen LogP contribution in [0.3, 0.4) is 0 Å². The third-order valence-corrected chi connectivity index (χ3v) is 5.86. The Morgan fingerprint density at radius 2 is 2.04 bits per heavy atom. The van der Waals surface area contributed by atoms with E-state index in [9.17, 15) is 13.2 Å². The van der Waals surface area contributed by atoms with E-state index in [0.717, 1.165) is 5.75 Å². The number of carbonyl (C=O) groups is 1. The zero-order valence-electron chi connectivity index (χ0n) is 14.1. The molecule has 7 nitrogen and oxygen atoms in total. The SMILES string of the molecule is CN(C)S(=O)(=O)N1CCC[C@@H](C(=O)NCCOc2ccccc2)C1. The zero-order valence-corrected chi connectivity index (χ0v) is 15.0. The lowest BCUT2D eigenvalue weighted by Crippen LogP contribution is -2.49. The summed E-state index contributed by atoms with van der Waals surface area (Å²) in [7, 11) is -0.466. The summed E-state index contributed by atoms with van der Waals surface area (Å²) in [4.78, 5) is 12.3. The molecule has 2 rings (SSSR count). The van der Waals surface area contributed by atoms with Crippen LogP contribution < -0.4 is 10.1 Å². The largest absolute Gasteiger partial charge is 0.492 e. The molecular formula is C16H25N3O4S. The zero-order chi connectivity index (χ0) is 17.6. The second-order valence-corrected chi connectivity index (χ2v) is 8.08. The average Bonchev–Trinajstić information content (AvgIpc) is 2.59. The van der Waals surface area contributed by atoms with Gasteiger partial charge in [0.2, 0.25) is 5.91 Å². The lowest BCUT2D eigenvalue weighted by molar-refractivity contribution is -0.126. The fraction of sp³-hybridized carbons (Fsp3) is 0.562. The first-order valence-electron chi connectivity index (χ1n) is 8.04.